The van der Waals surface area contributed by atoms with Crippen molar-refractivity contribution in [3.63, 3.8) is 0 Å². The van der Waals surface area contributed by atoms with Crippen LogP contribution in [0.4, 0.5) is 0 Å². The number of hydrogen-bond acceptors (Lipinski definition) is 6. The second kappa shape index (κ2) is 7.67. The number of ketones is 1. The fraction of sp³-hybridized carbons (Fsp3) is 0.300. The first kappa shape index (κ1) is 18.7. The van der Waals surface area contributed by atoms with Gasteiger partial charge in [0.2, 0.25) is 5.78 Å². The van der Waals surface area contributed by atoms with Crippen molar-refractivity contribution in [1.29, 1.82) is 0 Å². The number of carbonyl (C=O) groups is 2. The molecule has 27 heavy (non-hydrogen) atoms. The lowest BCUT2D eigenvalue weighted by Gasteiger charge is -2.26. The topological polar surface area (TPSA) is 100 Å². The second-order valence-corrected chi connectivity index (χ2v) is 6.34. The van der Waals surface area contributed by atoms with Crippen LogP contribution in [0.1, 0.15) is 34.3 Å². The summed E-state index contributed by atoms with van der Waals surface area (Å²) in [6, 6.07) is 8.62. The van der Waals surface area contributed by atoms with Gasteiger partial charge in [0.05, 0.1) is 11.6 Å². The maximum absolute atomic E-state index is 13.0. The third kappa shape index (κ3) is 3.59. The molecule has 1 atom stereocenters. The molecule has 0 spiro atoms. The second-order valence-electron chi connectivity index (χ2n) is 6.34. The maximum atomic E-state index is 13.0. The summed E-state index contributed by atoms with van der Waals surface area (Å²) >= 11 is 0. The summed E-state index contributed by atoms with van der Waals surface area (Å²) < 4.78 is 10.4. The molecule has 0 bridgehead atoms. The molecule has 142 valence electrons. The smallest absolute Gasteiger partial charge is 0.290 e. The van der Waals surface area contributed by atoms with Crippen LogP contribution in [0.25, 0.3) is 0 Å². The number of furan rings is 1. The molecular weight excluding hydrogens is 350 g/mol. The zero-order chi connectivity index (χ0) is 19.6. The summed E-state index contributed by atoms with van der Waals surface area (Å²) in [5.41, 5.74) is 0.466. The molecule has 0 saturated carbocycles. The molecule has 1 aliphatic heterocycles. The van der Waals surface area contributed by atoms with Crippen molar-refractivity contribution in [3.8, 4) is 5.75 Å². The summed E-state index contributed by atoms with van der Waals surface area (Å²) in [6.07, 6.45) is 0.534. The molecule has 1 aliphatic rings. The molecule has 2 heterocycles. The highest BCUT2D eigenvalue weighted by Crippen LogP contribution is 2.39. The van der Waals surface area contributed by atoms with Gasteiger partial charge in [0.25, 0.3) is 5.91 Å². The number of rotatable bonds is 7. The summed E-state index contributed by atoms with van der Waals surface area (Å²) in [4.78, 5) is 27.0. The minimum atomic E-state index is -0.820. The number of aromatic hydroxyl groups is 1. The first-order valence-electron chi connectivity index (χ1n) is 8.57. The Balaban J connectivity index is 2.04. The molecule has 1 unspecified atom stereocenters. The standard InChI is InChI=1S/C20H21NO6/c1-12-7-8-15(27-12)18(23)16-17(13-5-3-6-14(22)11-13)21(9-4-10-26-2)20(25)19(16)24/h3,5-8,11,17,22,24H,4,9-10H2,1-2H3. The Kier molecular flexibility index (Phi) is 5.32. The molecule has 1 aromatic heterocycles. The van der Waals surface area contributed by atoms with Crippen LogP contribution >= 0.6 is 0 Å². The zero-order valence-electron chi connectivity index (χ0n) is 15.1. The predicted octanol–water partition coefficient (Wildman–Crippen LogP) is 2.91. The largest absolute Gasteiger partial charge is 0.508 e. The van der Waals surface area contributed by atoms with Crippen LogP contribution in [0.5, 0.6) is 5.75 Å². The van der Waals surface area contributed by atoms with Gasteiger partial charge in [-0.05, 0) is 43.2 Å². The predicted molar refractivity (Wildman–Crippen MR) is 96.5 cm³/mol. The summed E-state index contributed by atoms with van der Waals surface area (Å²) in [6.45, 7) is 2.41. The van der Waals surface area contributed by atoms with Crippen molar-refractivity contribution in [2.45, 2.75) is 19.4 Å². The van der Waals surface area contributed by atoms with Crippen molar-refractivity contribution in [2.24, 2.45) is 0 Å². The number of nitrogens with zero attached hydrogens (tertiary/aromatic N) is 1. The van der Waals surface area contributed by atoms with E-state index in [-0.39, 0.29) is 23.6 Å². The van der Waals surface area contributed by atoms with Gasteiger partial charge in [0.1, 0.15) is 11.5 Å². The van der Waals surface area contributed by atoms with Crippen LogP contribution in [0.15, 0.2) is 52.1 Å². The highest BCUT2D eigenvalue weighted by molar-refractivity contribution is 6.15. The van der Waals surface area contributed by atoms with Crippen molar-refractivity contribution < 1.29 is 29.0 Å². The Bertz CT molecular complexity index is 897. The van der Waals surface area contributed by atoms with Gasteiger partial charge in [-0.1, -0.05) is 12.1 Å². The summed E-state index contributed by atoms with van der Waals surface area (Å²) in [5.74, 6) is -1.19. The molecule has 0 radical (unpaired) electrons. The number of hydrogen-bond donors (Lipinski definition) is 2. The van der Waals surface area contributed by atoms with E-state index >= 15 is 0 Å². The number of Topliss-reactive ketones (excluding diaryl/α,β-unsaturated/α-hetero) is 1. The van der Waals surface area contributed by atoms with Crippen molar-refractivity contribution >= 4 is 11.7 Å². The third-order valence-corrected chi connectivity index (χ3v) is 4.45. The van der Waals surface area contributed by atoms with Gasteiger partial charge in [-0.15, -0.1) is 0 Å². The van der Waals surface area contributed by atoms with Crippen LogP contribution in [0, 0.1) is 6.92 Å². The van der Waals surface area contributed by atoms with Crippen LogP contribution in [0.3, 0.4) is 0 Å². The van der Waals surface area contributed by atoms with Gasteiger partial charge in [0, 0.05) is 20.3 Å². The van der Waals surface area contributed by atoms with E-state index in [9.17, 15) is 19.8 Å². The first-order valence-corrected chi connectivity index (χ1v) is 8.57. The average molecular weight is 371 g/mol. The van der Waals surface area contributed by atoms with Gasteiger partial charge in [-0.25, -0.2) is 0 Å². The van der Waals surface area contributed by atoms with E-state index in [0.29, 0.717) is 24.4 Å². The molecule has 3 rings (SSSR count). The molecule has 0 saturated heterocycles. The highest BCUT2D eigenvalue weighted by Gasteiger charge is 2.44. The number of carbonyl (C=O) groups excluding carboxylic acids is 2. The SMILES string of the molecule is COCCCN1C(=O)C(O)=C(C(=O)c2ccc(C)o2)C1c1cccc(O)c1. The first-order chi connectivity index (χ1) is 12.9. The molecule has 1 aromatic carbocycles. The van der Waals surface area contributed by atoms with Gasteiger partial charge in [0.15, 0.2) is 11.5 Å². The molecule has 1 amide bonds. The lowest BCUT2D eigenvalue weighted by atomic mass is 9.95. The Hall–Kier alpha value is -3.06. The van der Waals surface area contributed by atoms with Crippen molar-refractivity contribution in [2.75, 3.05) is 20.3 Å². The molecular formula is C20H21NO6. The number of aryl methyl sites for hydroxylation is 1. The normalized spacial score (nSPS) is 17.0. The summed E-state index contributed by atoms with van der Waals surface area (Å²) in [7, 11) is 1.56. The number of benzene rings is 1. The van der Waals surface area contributed by atoms with Gasteiger partial charge >= 0.3 is 0 Å². The van der Waals surface area contributed by atoms with E-state index in [1.807, 2.05) is 0 Å². The molecule has 2 aromatic rings. The molecule has 7 nitrogen and oxygen atoms in total. The number of methoxy groups -OCH3 is 1. The number of phenolic OH excluding ortho intramolecular Hbond substituents is 1. The van der Waals surface area contributed by atoms with Crippen molar-refractivity contribution in [1.82, 2.24) is 4.90 Å². The zero-order valence-corrected chi connectivity index (χ0v) is 15.1. The lowest BCUT2D eigenvalue weighted by Crippen LogP contribution is -2.32. The van der Waals surface area contributed by atoms with Crippen LogP contribution in [0.2, 0.25) is 0 Å². The summed E-state index contributed by atoms with van der Waals surface area (Å²) in [5, 5.41) is 20.3. The number of aliphatic hydroxyl groups is 1. The van der Waals surface area contributed by atoms with Crippen LogP contribution in [-0.2, 0) is 9.53 Å². The highest BCUT2D eigenvalue weighted by atomic mass is 16.5. The van der Waals surface area contributed by atoms with E-state index in [2.05, 4.69) is 0 Å². The van der Waals surface area contributed by atoms with E-state index in [0.717, 1.165) is 0 Å². The van der Waals surface area contributed by atoms with E-state index in [4.69, 9.17) is 9.15 Å². The van der Waals surface area contributed by atoms with E-state index < -0.39 is 23.5 Å². The maximum Gasteiger partial charge on any atom is 0.290 e. The number of aliphatic hydroxyl groups excluding tert-OH is 1. The Labute approximate surface area is 156 Å². The average Bonchev–Trinajstić information content (AvgIpc) is 3.18. The molecule has 7 heteroatoms. The van der Waals surface area contributed by atoms with Gasteiger partial charge in [-0.2, -0.15) is 0 Å². The molecule has 2 N–H and O–H groups in total. The monoisotopic (exact) mass is 371 g/mol. The third-order valence-electron chi connectivity index (χ3n) is 4.45. The Morgan fingerprint density at radius 2 is 2.04 bits per heavy atom. The Morgan fingerprint density at radius 3 is 2.67 bits per heavy atom. The Morgan fingerprint density at radius 1 is 1.26 bits per heavy atom. The number of ether oxygens (including phenoxy) is 1. The van der Waals surface area contributed by atoms with Crippen LogP contribution < -0.4 is 0 Å². The quantitative estimate of drug-likeness (QED) is 0.573. The molecule has 0 aliphatic carbocycles. The van der Waals surface area contributed by atoms with Crippen LogP contribution in [-0.4, -0.2) is 47.1 Å². The van der Waals surface area contributed by atoms with E-state index in [1.54, 1.807) is 32.2 Å². The fourth-order valence-electron chi connectivity index (χ4n) is 3.23. The van der Waals surface area contributed by atoms with E-state index in [1.165, 1.54) is 23.1 Å². The minimum absolute atomic E-state index is 0.00354. The number of amides is 1. The fourth-order valence-corrected chi connectivity index (χ4v) is 3.23. The lowest BCUT2D eigenvalue weighted by molar-refractivity contribution is -0.129. The number of phenols is 1. The van der Waals surface area contributed by atoms with Gasteiger partial charge in [-0.3, -0.25) is 9.59 Å². The molecule has 0 fully saturated rings. The van der Waals surface area contributed by atoms with Crippen molar-refractivity contribution in [3.05, 3.63) is 64.8 Å². The minimum Gasteiger partial charge on any atom is -0.508 e. The van der Waals surface area contributed by atoms with Gasteiger partial charge < -0.3 is 24.3 Å².